The van der Waals surface area contributed by atoms with Crippen LogP contribution in [-0.2, 0) is 9.59 Å². The second-order valence-corrected chi connectivity index (χ2v) is 4.83. The van der Waals surface area contributed by atoms with E-state index >= 15 is 0 Å². The van der Waals surface area contributed by atoms with Gasteiger partial charge in [-0.2, -0.15) is 5.10 Å². The van der Waals surface area contributed by atoms with Crippen molar-refractivity contribution < 1.29 is 19.5 Å². The quantitative estimate of drug-likeness (QED) is 0.885. The van der Waals surface area contributed by atoms with Crippen molar-refractivity contribution >= 4 is 40.8 Å². The van der Waals surface area contributed by atoms with E-state index in [0.29, 0.717) is 5.69 Å². The number of amides is 2. The summed E-state index contributed by atoms with van der Waals surface area (Å²) < 4.78 is 0. The van der Waals surface area contributed by atoms with Gasteiger partial charge in [0.2, 0.25) is 5.91 Å². The molecule has 1 aromatic rings. The molecule has 1 aliphatic rings. The summed E-state index contributed by atoms with van der Waals surface area (Å²) in [4.78, 5) is 34.1. The molecule has 0 radical (unpaired) electrons. The average molecular weight is 310 g/mol. The highest BCUT2D eigenvalue weighted by molar-refractivity contribution is 6.43. The first-order valence-electron chi connectivity index (χ1n) is 6.06. The van der Waals surface area contributed by atoms with Gasteiger partial charge in [0.1, 0.15) is 5.71 Å². The third-order valence-corrected chi connectivity index (χ3v) is 3.24. The standard InChI is InChI=1S/C13H12ClN3O4/c1-17-11(18)5-4-10(16-17)12(19)15-7-2-3-8(13(20)21)9(14)6-7/h2-3,6H,4-5H2,1H3,(H,15,19)(H,20,21). The zero-order valence-electron chi connectivity index (χ0n) is 11.1. The predicted octanol–water partition coefficient (Wildman–Crippen LogP) is 1.58. The van der Waals surface area contributed by atoms with Crippen molar-refractivity contribution in [3.63, 3.8) is 0 Å². The summed E-state index contributed by atoms with van der Waals surface area (Å²) in [5, 5.41) is 16.5. The fourth-order valence-corrected chi connectivity index (χ4v) is 2.06. The molecule has 2 amide bonds. The molecule has 21 heavy (non-hydrogen) atoms. The molecule has 0 unspecified atom stereocenters. The van der Waals surface area contributed by atoms with E-state index in [2.05, 4.69) is 10.4 Å². The molecule has 110 valence electrons. The molecule has 1 aromatic carbocycles. The van der Waals surface area contributed by atoms with E-state index < -0.39 is 11.9 Å². The number of carboxylic acids is 1. The molecule has 2 rings (SSSR count). The number of nitrogens with one attached hydrogen (secondary N) is 1. The van der Waals surface area contributed by atoms with Gasteiger partial charge in [0, 0.05) is 25.6 Å². The largest absolute Gasteiger partial charge is 0.478 e. The van der Waals surface area contributed by atoms with Gasteiger partial charge in [0.05, 0.1) is 10.6 Å². The molecule has 0 spiro atoms. The number of carbonyl (C=O) groups excluding carboxylic acids is 2. The minimum absolute atomic E-state index is 0.0261. The topological polar surface area (TPSA) is 99.1 Å². The molecule has 2 N–H and O–H groups in total. The molecule has 7 nitrogen and oxygen atoms in total. The van der Waals surface area contributed by atoms with Crippen molar-refractivity contribution in [2.45, 2.75) is 12.8 Å². The molecule has 0 fully saturated rings. The van der Waals surface area contributed by atoms with E-state index in [1.54, 1.807) is 0 Å². The number of hydrazone groups is 1. The smallest absolute Gasteiger partial charge is 0.337 e. The maximum absolute atomic E-state index is 12.0. The summed E-state index contributed by atoms with van der Waals surface area (Å²) in [6, 6.07) is 4.09. The summed E-state index contributed by atoms with van der Waals surface area (Å²) in [5.74, 6) is -1.75. The zero-order chi connectivity index (χ0) is 15.6. The van der Waals surface area contributed by atoms with Crippen LogP contribution in [0.25, 0.3) is 0 Å². The molecule has 8 heteroatoms. The fourth-order valence-electron chi connectivity index (χ4n) is 1.80. The Labute approximate surface area is 125 Å². The molecular formula is C13H12ClN3O4. The number of halogens is 1. The van der Waals surface area contributed by atoms with Gasteiger partial charge < -0.3 is 10.4 Å². The third-order valence-electron chi connectivity index (χ3n) is 2.93. The van der Waals surface area contributed by atoms with E-state index in [9.17, 15) is 14.4 Å². The minimum Gasteiger partial charge on any atom is -0.478 e. The molecule has 1 heterocycles. The Morgan fingerprint density at radius 3 is 2.67 bits per heavy atom. The SMILES string of the molecule is CN1N=C(C(=O)Nc2ccc(C(=O)O)c(Cl)c2)CCC1=O. The number of aromatic carboxylic acids is 1. The molecular weight excluding hydrogens is 298 g/mol. The van der Waals surface area contributed by atoms with Crippen LogP contribution in [0, 0.1) is 0 Å². The van der Waals surface area contributed by atoms with Crippen LogP contribution in [0.5, 0.6) is 0 Å². The number of rotatable bonds is 3. The number of hydrogen-bond donors (Lipinski definition) is 2. The number of carboxylic acid groups (broad SMARTS) is 1. The number of anilines is 1. The Balaban J connectivity index is 2.13. The molecule has 0 aliphatic carbocycles. The molecule has 1 aliphatic heterocycles. The Morgan fingerprint density at radius 2 is 2.10 bits per heavy atom. The van der Waals surface area contributed by atoms with Crippen LogP contribution in [0.2, 0.25) is 5.02 Å². The Bertz CT molecular complexity index is 657. The maximum Gasteiger partial charge on any atom is 0.337 e. The fraction of sp³-hybridized carbons (Fsp3) is 0.231. The second-order valence-electron chi connectivity index (χ2n) is 4.42. The van der Waals surface area contributed by atoms with Crippen molar-refractivity contribution in [1.82, 2.24) is 5.01 Å². The molecule has 0 aromatic heterocycles. The summed E-state index contributed by atoms with van der Waals surface area (Å²) in [5.41, 5.74) is 0.544. The van der Waals surface area contributed by atoms with E-state index in [1.807, 2.05) is 0 Å². The minimum atomic E-state index is -1.14. The first-order chi connectivity index (χ1) is 9.88. The zero-order valence-corrected chi connectivity index (χ0v) is 11.8. The van der Waals surface area contributed by atoms with Crippen molar-refractivity contribution in [1.29, 1.82) is 0 Å². The Kier molecular flexibility index (Phi) is 4.23. The number of benzene rings is 1. The first-order valence-corrected chi connectivity index (χ1v) is 6.44. The molecule has 0 atom stereocenters. The van der Waals surface area contributed by atoms with E-state index in [1.165, 1.54) is 25.2 Å². The molecule has 0 saturated heterocycles. The lowest BCUT2D eigenvalue weighted by Gasteiger charge is -2.19. The van der Waals surface area contributed by atoms with Gasteiger partial charge in [-0.25, -0.2) is 9.80 Å². The highest BCUT2D eigenvalue weighted by Crippen LogP contribution is 2.21. The molecule has 0 bridgehead atoms. The van der Waals surface area contributed by atoms with E-state index in [0.717, 1.165) is 5.01 Å². The lowest BCUT2D eigenvalue weighted by molar-refractivity contribution is -0.130. The average Bonchev–Trinajstić information content (AvgIpc) is 2.41. The Morgan fingerprint density at radius 1 is 1.38 bits per heavy atom. The van der Waals surface area contributed by atoms with E-state index in [4.69, 9.17) is 16.7 Å². The van der Waals surface area contributed by atoms with Gasteiger partial charge in [-0.1, -0.05) is 11.6 Å². The van der Waals surface area contributed by atoms with Gasteiger partial charge in [-0.15, -0.1) is 0 Å². The first kappa shape index (κ1) is 15.0. The van der Waals surface area contributed by atoms with Crippen LogP contribution in [0.1, 0.15) is 23.2 Å². The highest BCUT2D eigenvalue weighted by Gasteiger charge is 2.22. The summed E-state index contributed by atoms with van der Waals surface area (Å²) in [7, 11) is 1.48. The van der Waals surface area contributed by atoms with Crippen LogP contribution >= 0.6 is 11.6 Å². The van der Waals surface area contributed by atoms with Crippen molar-refractivity contribution in [2.75, 3.05) is 12.4 Å². The molecule has 0 saturated carbocycles. The number of nitrogens with zero attached hydrogens (tertiary/aromatic N) is 2. The maximum atomic E-state index is 12.0. The van der Waals surface area contributed by atoms with Crippen molar-refractivity contribution in [3.05, 3.63) is 28.8 Å². The predicted molar refractivity (Wildman–Crippen MR) is 76.5 cm³/mol. The van der Waals surface area contributed by atoms with E-state index in [-0.39, 0.29) is 35.0 Å². The third kappa shape index (κ3) is 3.38. The van der Waals surface area contributed by atoms with Gasteiger partial charge in [-0.05, 0) is 18.2 Å². The van der Waals surface area contributed by atoms with Crippen molar-refractivity contribution in [3.8, 4) is 0 Å². The summed E-state index contributed by atoms with van der Waals surface area (Å²) in [6.45, 7) is 0. The van der Waals surface area contributed by atoms with Crippen LogP contribution in [0.4, 0.5) is 5.69 Å². The van der Waals surface area contributed by atoms with Crippen LogP contribution < -0.4 is 5.32 Å². The normalized spacial score (nSPS) is 14.7. The summed E-state index contributed by atoms with van der Waals surface area (Å²) in [6.07, 6.45) is 0.484. The monoisotopic (exact) mass is 309 g/mol. The van der Waals surface area contributed by atoms with Gasteiger partial charge >= 0.3 is 5.97 Å². The number of carbonyl (C=O) groups is 3. The van der Waals surface area contributed by atoms with Crippen LogP contribution in [0.15, 0.2) is 23.3 Å². The van der Waals surface area contributed by atoms with Crippen LogP contribution in [-0.4, -0.2) is 40.7 Å². The van der Waals surface area contributed by atoms with Gasteiger partial charge in [0.15, 0.2) is 0 Å². The van der Waals surface area contributed by atoms with Crippen molar-refractivity contribution in [2.24, 2.45) is 5.10 Å². The lowest BCUT2D eigenvalue weighted by Crippen LogP contribution is -2.34. The van der Waals surface area contributed by atoms with Gasteiger partial charge in [0.25, 0.3) is 5.91 Å². The highest BCUT2D eigenvalue weighted by atomic mass is 35.5. The second kappa shape index (κ2) is 5.92. The number of hydrogen-bond acceptors (Lipinski definition) is 4. The lowest BCUT2D eigenvalue weighted by atomic mass is 10.1. The van der Waals surface area contributed by atoms with Gasteiger partial charge in [-0.3, -0.25) is 9.59 Å². The summed E-state index contributed by atoms with van der Waals surface area (Å²) >= 11 is 5.82. The Hall–Kier alpha value is -2.41. The van der Waals surface area contributed by atoms with Crippen LogP contribution in [0.3, 0.4) is 0 Å².